The molecule has 0 aliphatic rings. The van der Waals surface area contributed by atoms with Gasteiger partial charge in [-0.25, -0.2) is 4.79 Å². The minimum atomic E-state index is -0.466. The molecule has 0 atom stereocenters. The van der Waals surface area contributed by atoms with E-state index in [-0.39, 0.29) is 12.5 Å². The molecule has 40 heavy (non-hydrogen) atoms. The summed E-state index contributed by atoms with van der Waals surface area (Å²) in [4.78, 5) is 32.5. The van der Waals surface area contributed by atoms with Gasteiger partial charge in [-0.3, -0.25) is 4.79 Å². The Labute approximate surface area is 249 Å². The maximum absolute atomic E-state index is 13.7. The number of nitrogens with one attached hydrogen (secondary N) is 1. The Kier molecular flexibility index (Phi) is 12.4. The Bertz CT molecular complexity index is 1270. The van der Waals surface area contributed by atoms with E-state index in [9.17, 15) is 9.59 Å². The van der Waals surface area contributed by atoms with Crippen LogP contribution in [0.4, 0.5) is 10.5 Å². The number of methoxy groups -OCH3 is 3. The molecule has 1 N–H and O–H groups in total. The molecule has 0 radical (unpaired) electrons. The summed E-state index contributed by atoms with van der Waals surface area (Å²) in [6.45, 7) is 3.57. The molecule has 11 heteroatoms. The first kappa shape index (κ1) is 31.5. The van der Waals surface area contributed by atoms with E-state index in [4.69, 9.17) is 37.4 Å². The number of anilines is 1. The van der Waals surface area contributed by atoms with Gasteiger partial charge in [-0.15, -0.1) is 11.3 Å². The summed E-state index contributed by atoms with van der Waals surface area (Å²) in [5, 5.41) is 3.40. The standard InChI is InChI=1S/C29H35Cl2N3O5S/c1-20-9-11-22(40-20)18-33(15-13-21-10-12-25(38-3)26(17-21)39-4)27(35)19-34(14-6-16-37-2)29(36)32-28-23(30)7-5-8-24(28)31/h5,7-12,17H,6,13-16,18-19H2,1-4H3,(H,32,36). The van der Waals surface area contributed by atoms with Crippen molar-refractivity contribution >= 4 is 52.2 Å². The van der Waals surface area contributed by atoms with Gasteiger partial charge in [0.05, 0.1) is 36.5 Å². The van der Waals surface area contributed by atoms with Gasteiger partial charge in [0.15, 0.2) is 11.5 Å². The van der Waals surface area contributed by atoms with E-state index in [2.05, 4.69) is 5.32 Å². The number of para-hydroxylation sites is 1. The van der Waals surface area contributed by atoms with E-state index < -0.39 is 6.03 Å². The SMILES string of the molecule is COCCCN(CC(=O)N(CCc1ccc(OC)c(OC)c1)Cc1ccc(C)s1)C(=O)Nc1c(Cl)cccc1Cl. The Balaban J connectivity index is 1.79. The van der Waals surface area contributed by atoms with Crippen LogP contribution in [0.2, 0.25) is 10.0 Å². The molecule has 0 unspecified atom stereocenters. The van der Waals surface area contributed by atoms with E-state index in [0.717, 1.165) is 10.4 Å². The number of nitrogens with zero attached hydrogens (tertiary/aromatic N) is 2. The van der Waals surface area contributed by atoms with Crippen LogP contribution < -0.4 is 14.8 Å². The number of hydrogen-bond acceptors (Lipinski definition) is 6. The van der Waals surface area contributed by atoms with Crippen LogP contribution in [0.1, 0.15) is 21.7 Å². The lowest BCUT2D eigenvalue weighted by Gasteiger charge is -2.28. The van der Waals surface area contributed by atoms with Crippen LogP contribution in [-0.2, 0) is 22.5 Å². The van der Waals surface area contributed by atoms with Crippen LogP contribution in [0, 0.1) is 6.92 Å². The van der Waals surface area contributed by atoms with Gasteiger partial charge in [-0.1, -0.05) is 35.3 Å². The van der Waals surface area contributed by atoms with E-state index in [1.165, 1.54) is 9.78 Å². The van der Waals surface area contributed by atoms with Crippen LogP contribution in [0.15, 0.2) is 48.5 Å². The first-order valence-corrected chi connectivity index (χ1v) is 14.4. The zero-order chi connectivity index (χ0) is 29.1. The number of ether oxygens (including phenoxy) is 3. The quantitative estimate of drug-likeness (QED) is 0.211. The average molecular weight is 609 g/mol. The van der Waals surface area contributed by atoms with Gasteiger partial charge in [0, 0.05) is 36.6 Å². The number of urea groups is 1. The molecule has 0 bridgehead atoms. The van der Waals surface area contributed by atoms with Gasteiger partial charge in [0.2, 0.25) is 5.91 Å². The van der Waals surface area contributed by atoms with Crippen molar-refractivity contribution in [2.24, 2.45) is 0 Å². The number of carbonyl (C=O) groups excluding carboxylic acids is 2. The molecule has 216 valence electrons. The highest BCUT2D eigenvalue weighted by Gasteiger charge is 2.23. The summed E-state index contributed by atoms with van der Waals surface area (Å²) in [5.74, 6) is 1.10. The normalized spacial score (nSPS) is 10.8. The fourth-order valence-corrected chi connectivity index (χ4v) is 5.47. The molecule has 3 aromatic rings. The third-order valence-corrected chi connectivity index (χ3v) is 7.81. The molecule has 8 nitrogen and oxygen atoms in total. The third kappa shape index (κ3) is 9.02. The van der Waals surface area contributed by atoms with Crippen molar-refractivity contribution in [1.82, 2.24) is 9.80 Å². The van der Waals surface area contributed by atoms with Gasteiger partial charge >= 0.3 is 6.03 Å². The van der Waals surface area contributed by atoms with Gasteiger partial charge in [0.1, 0.15) is 6.54 Å². The second-order valence-electron chi connectivity index (χ2n) is 9.06. The topological polar surface area (TPSA) is 80.3 Å². The lowest BCUT2D eigenvalue weighted by atomic mass is 10.1. The van der Waals surface area contributed by atoms with Crippen molar-refractivity contribution in [3.63, 3.8) is 0 Å². The van der Waals surface area contributed by atoms with Crippen molar-refractivity contribution in [2.45, 2.75) is 26.3 Å². The zero-order valence-electron chi connectivity index (χ0n) is 23.2. The molecule has 3 rings (SSSR count). The van der Waals surface area contributed by atoms with Crippen molar-refractivity contribution in [1.29, 1.82) is 0 Å². The van der Waals surface area contributed by atoms with E-state index in [1.807, 2.05) is 37.3 Å². The average Bonchev–Trinajstić information content (AvgIpc) is 3.36. The van der Waals surface area contributed by atoms with Crippen molar-refractivity contribution in [3.05, 3.63) is 73.9 Å². The smallest absolute Gasteiger partial charge is 0.322 e. The number of carbonyl (C=O) groups is 2. The number of rotatable bonds is 14. The van der Waals surface area contributed by atoms with Crippen LogP contribution >= 0.6 is 34.5 Å². The second kappa shape index (κ2) is 15.7. The summed E-state index contributed by atoms with van der Waals surface area (Å²) in [7, 11) is 4.78. The molecule has 0 aliphatic heterocycles. The molecule has 0 saturated carbocycles. The van der Waals surface area contributed by atoms with Crippen molar-refractivity contribution in [3.8, 4) is 11.5 Å². The molecular formula is C29H35Cl2N3O5S. The number of halogens is 2. The molecule has 0 saturated heterocycles. The minimum absolute atomic E-state index is 0.117. The molecule has 0 fully saturated rings. The first-order chi connectivity index (χ1) is 19.2. The zero-order valence-corrected chi connectivity index (χ0v) is 25.5. The molecular weight excluding hydrogens is 573 g/mol. The Morgan fingerprint density at radius 3 is 2.27 bits per heavy atom. The third-order valence-electron chi connectivity index (χ3n) is 6.20. The van der Waals surface area contributed by atoms with Crippen LogP contribution in [0.25, 0.3) is 0 Å². The van der Waals surface area contributed by atoms with Gasteiger partial charge < -0.3 is 29.3 Å². The predicted molar refractivity (Wildman–Crippen MR) is 161 cm³/mol. The number of benzene rings is 2. The monoisotopic (exact) mass is 607 g/mol. The number of aryl methyl sites for hydroxylation is 1. The van der Waals surface area contributed by atoms with Crippen LogP contribution in [0.5, 0.6) is 11.5 Å². The second-order valence-corrected chi connectivity index (χ2v) is 11.2. The summed E-state index contributed by atoms with van der Waals surface area (Å²) in [6, 6.07) is 14.3. The lowest BCUT2D eigenvalue weighted by molar-refractivity contribution is -0.132. The van der Waals surface area contributed by atoms with Crippen molar-refractivity contribution in [2.75, 3.05) is 52.9 Å². The Hall–Kier alpha value is -2.98. The van der Waals surface area contributed by atoms with Gasteiger partial charge in [0.25, 0.3) is 0 Å². The van der Waals surface area contributed by atoms with E-state index in [0.29, 0.717) is 66.3 Å². The molecule has 1 aromatic heterocycles. The summed E-state index contributed by atoms with van der Waals surface area (Å²) in [6.07, 6.45) is 1.16. The lowest BCUT2D eigenvalue weighted by Crippen LogP contribution is -2.45. The largest absolute Gasteiger partial charge is 0.493 e. The molecule has 0 spiro atoms. The highest BCUT2D eigenvalue weighted by Crippen LogP contribution is 2.30. The summed E-state index contributed by atoms with van der Waals surface area (Å²) < 4.78 is 16.0. The fourth-order valence-electron chi connectivity index (χ4n) is 4.07. The fraction of sp³-hybridized carbons (Fsp3) is 0.379. The summed E-state index contributed by atoms with van der Waals surface area (Å²) in [5.41, 5.74) is 1.31. The van der Waals surface area contributed by atoms with E-state index in [1.54, 1.807) is 55.8 Å². The molecule has 1 heterocycles. The molecule has 0 aliphatic carbocycles. The highest BCUT2D eigenvalue weighted by atomic mass is 35.5. The Morgan fingerprint density at radius 2 is 1.65 bits per heavy atom. The van der Waals surface area contributed by atoms with Crippen molar-refractivity contribution < 1.29 is 23.8 Å². The Morgan fingerprint density at radius 1 is 0.925 bits per heavy atom. The highest BCUT2D eigenvalue weighted by molar-refractivity contribution is 7.11. The van der Waals surface area contributed by atoms with Crippen LogP contribution in [-0.4, -0.2) is 69.3 Å². The minimum Gasteiger partial charge on any atom is -0.493 e. The van der Waals surface area contributed by atoms with Gasteiger partial charge in [-0.05, 0) is 61.7 Å². The number of thiophene rings is 1. The number of hydrogen-bond donors (Lipinski definition) is 1. The maximum atomic E-state index is 13.7. The van der Waals surface area contributed by atoms with Gasteiger partial charge in [-0.2, -0.15) is 0 Å². The summed E-state index contributed by atoms with van der Waals surface area (Å²) >= 11 is 14.2. The molecule has 3 amide bonds. The molecule has 2 aromatic carbocycles. The first-order valence-electron chi connectivity index (χ1n) is 12.8. The predicted octanol–water partition coefficient (Wildman–Crippen LogP) is 6.52. The van der Waals surface area contributed by atoms with E-state index >= 15 is 0 Å². The number of amides is 3. The van der Waals surface area contributed by atoms with Crippen LogP contribution in [0.3, 0.4) is 0 Å². The maximum Gasteiger partial charge on any atom is 0.322 e.